The molecule has 3 heterocycles. The van der Waals surface area contributed by atoms with Crippen molar-refractivity contribution in [2.24, 2.45) is 0 Å². The van der Waals surface area contributed by atoms with Crippen molar-refractivity contribution < 1.29 is 9.15 Å². The highest BCUT2D eigenvalue weighted by Gasteiger charge is 2.16. The number of hydrogen-bond acceptors (Lipinski definition) is 5. The Hall–Kier alpha value is -3.64. The zero-order valence-electron chi connectivity index (χ0n) is 15.9. The minimum atomic E-state index is -0.149. The van der Waals surface area contributed by atoms with Gasteiger partial charge in [-0.05, 0) is 30.8 Å². The Morgan fingerprint density at radius 1 is 1.03 bits per heavy atom. The smallest absolute Gasteiger partial charge is 0.232 e. The monoisotopic (exact) mass is 384 g/mol. The molecule has 0 saturated carbocycles. The van der Waals surface area contributed by atoms with Crippen LogP contribution >= 0.6 is 0 Å². The van der Waals surface area contributed by atoms with Crippen LogP contribution in [0, 0.1) is 0 Å². The molecule has 1 unspecified atom stereocenters. The first-order chi connectivity index (χ1) is 14.3. The predicted molar refractivity (Wildman–Crippen MR) is 112 cm³/mol. The summed E-state index contributed by atoms with van der Waals surface area (Å²) in [6.45, 7) is 0.671. The maximum absolute atomic E-state index is 6.22. The minimum absolute atomic E-state index is 0.149. The molecule has 0 saturated heterocycles. The number of furan rings is 1. The molecule has 0 radical (unpaired) electrons. The number of aromatic nitrogens is 3. The lowest BCUT2D eigenvalue weighted by atomic mass is 10.1. The summed E-state index contributed by atoms with van der Waals surface area (Å²) in [6.07, 6.45) is 1.62. The SMILES string of the molecule is CNCC(Oc1ccc2ncc(-c3cc4ccccc4o3)n2n1)c1ccccc1. The van der Waals surface area contributed by atoms with E-state index in [0.29, 0.717) is 12.4 Å². The molecule has 0 fully saturated rings. The van der Waals surface area contributed by atoms with E-state index in [1.807, 2.05) is 67.7 Å². The third kappa shape index (κ3) is 3.34. The lowest BCUT2D eigenvalue weighted by Gasteiger charge is -2.18. The van der Waals surface area contributed by atoms with Crippen LogP contribution in [0.15, 0.2) is 83.4 Å². The molecule has 2 aromatic carbocycles. The second-order valence-electron chi connectivity index (χ2n) is 6.81. The van der Waals surface area contributed by atoms with Gasteiger partial charge in [0.15, 0.2) is 11.4 Å². The average molecular weight is 384 g/mol. The Labute approximate surface area is 167 Å². The molecule has 6 heteroatoms. The summed E-state index contributed by atoms with van der Waals surface area (Å²) >= 11 is 0. The molecule has 5 aromatic rings. The Balaban J connectivity index is 1.52. The van der Waals surface area contributed by atoms with Gasteiger partial charge in [-0.3, -0.25) is 0 Å². The van der Waals surface area contributed by atoms with Gasteiger partial charge in [0.25, 0.3) is 0 Å². The number of imidazole rings is 1. The quantitative estimate of drug-likeness (QED) is 0.468. The van der Waals surface area contributed by atoms with Crippen LogP contribution < -0.4 is 10.1 Å². The van der Waals surface area contributed by atoms with Crippen molar-refractivity contribution in [1.82, 2.24) is 19.9 Å². The van der Waals surface area contributed by atoms with Gasteiger partial charge in [0.1, 0.15) is 17.4 Å². The van der Waals surface area contributed by atoms with Gasteiger partial charge in [-0.1, -0.05) is 48.5 Å². The van der Waals surface area contributed by atoms with Crippen molar-refractivity contribution >= 4 is 16.6 Å². The second-order valence-corrected chi connectivity index (χ2v) is 6.81. The zero-order chi connectivity index (χ0) is 19.6. The molecule has 0 bridgehead atoms. The van der Waals surface area contributed by atoms with Gasteiger partial charge < -0.3 is 14.5 Å². The molecule has 0 amide bonds. The van der Waals surface area contributed by atoms with Gasteiger partial charge in [-0.25, -0.2) is 9.50 Å². The van der Waals surface area contributed by atoms with Crippen LogP contribution in [0.1, 0.15) is 11.7 Å². The van der Waals surface area contributed by atoms with Gasteiger partial charge >= 0.3 is 0 Å². The third-order valence-electron chi connectivity index (χ3n) is 4.84. The first kappa shape index (κ1) is 17.5. The van der Waals surface area contributed by atoms with Gasteiger partial charge in [0.05, 0.1) is 6.20 Å². The highest BCUT2D eigenvalue weighted by molar-refractivity contribution is 5.82. The Kier molecular flexibility index (Phi) is 4.46. The molecule has 1 N–H and O–H groups in total. The fourth-order valence-electron chi connectivity index (χ4n) is 3.42. The van der Waals surface area contributed by atoms with E-state index < -0.39 is 0 Å². The largest absolute Gasteiger partial charge is 0.467 e. The molecule has 0 aliphatic rings. The van der Waals surface area contributed by atoms with Crippen molar-refractivity contribution in [3.63, 3.8) is 0 Å². The van der Waals surface area contributed by atoms with Crippen molar-refractivity contribution in [3.8, 4) is 17.3 Å². The summed E-state index contributed by atoms with van der Waals surface area (Å²) in [6, 6.07) is 23.8. The van der Waals surface area contributed by atoms with Crippen LogP contribution in [0.2, 0.25) is 0 Å². The molecular formula is C23H20N4O2. The fourth-order valence-corrected chi connectivity index (χ4v) is 3.42. The number of nitrogens with one attached hydrogen (secondary N) is 1. The van der Waals surface area contributed by atoms with E-state index in [4.69, 9.17) is 9.15 Å². The number of hydrogen-bond donors (Lipinski definition) is 1. The van der Waals surface area contributed by atoms with E-state index in [0.717, 1.165) is 33.6 Å². The highest BCUT2D eigenvalue weighted by Crippen LogP contribution is 2.29. The van der Waals surface area contributed by atoms with Crippen molar-refractivity contribution in [1.29, 1.82) is 0 Å². The fraction of sp³-hybridized carbons (Fsp3) is 0.130. The summed E-state index contributed by atoms with van der Waals surface area (Å²) < 4.78 is 14.0. The van der Waals surface area contributed by atoms with Crippen LogP contribution in [0.3, 0.4) is 0 Å². The summed E-state index contributed by atoms with van der Waals surface area (Å²) in [5, 5.41) is 8.90. The van der Waals surface area contributed by atoms with Crippen LogP contribution in [0.5, 0.6) is 5.88 Å². The van der Waals surface area contributed by atoms with Crippen LogP contribution in [0.25, 0.3) is 28.1 Å². The van der Waals surface area contributed by atoms with E-state index in [2.05, 4.69) is 27.5 Å². The molecule has 5 rings (SSSR count). The highest BCUT2D eigenvalue weighted by atomic mass is 16.5. The number of rotatable bonds is 6. The Morgan fingerprint density at radius 2 is 1.86 bits per heavy atom. The lowest BCUT2D eigenvalue weighted by molar-refractivity contribution is 0.193. The standard InChI is InChI=1S/C23H20N4O2/c1-24-15-21(16-7-3-2-4-8-16)29-23-12-11-22-25-14-18(27(22)26-23)20-13-17-9-5-6-10-19(17)28-20/h2-14,21,24H,15H2,1H3. The first-order valence-electron chi connectivity index (χ1n) is 9.52. The maximum atomic E-state index is 6.22. The van der Waals surface area contributed by atoms with E-state index >= 15 is 0 Å². The zero-order valence-corrected chi connectivity index (χ0v) is 15.9. The average Bonchev–Trinajstić information content (AvgIpc) is 3.37. The molecule has 0 aliphatic carbocycles. The van der Waals surface area contributed by atoms with E-state index in [1.54, 1.807) is 10.7 Å². The summed E-state index contributed by atoms with van der Waals surface area (Å²) in [4.78, 5) is 4.45. The maximum Gasteiger partial charge on any atom is 0.232 e. The van der Waals surface area contributed by atoms with Crippen LogP contribution in [-0.4, -0.2) is 28.2 Å². The van der Waals surface area contributed by atoms with Crippen molar-refractivity contribution in [2.45, 2.75) is 6.10 Å². The number of benzene rings is 2. The topological polar surface area (TPSA) is 64.6 Å². The number of para-hydroxylation sites is 1. The van der Waals surface area contributed by atoms with E-state index in [-0.39, 0.29) is 6.10 Å². The Bertz CT molecular complexity index is 1230. The Morgan fingerprint density at radius 3 is 2.69 bits per heavy atom. The third-order valence-corrected chi connectivity index (χ3v) is 4.84. The van der Waals surface area contributed by atoms with Gasteiger partial charge in [-0.15, -0.1) is 5.10 Å². The van der Waals surface area contributed by atoms with Crippen molar-refractivity contribution in [2.75, 3.05) is 13.6 Å². The first-order valence-corrected chi connectivity index (χ1v) is 9.52. The predicted octanol–water partition coefficient (Wildman–Crippen LogP) is 4.48. The van der Waals surface area contributed by atoms with E-state index in [1.165, 1.54) is 0 Å². The number of nitrogens with zero attached hydrogens (tertiary/aromatic N) is 3. The number of fused-ring (bicyclic) bond motifs is 2. The molecule has 29 heavy (non-hydrogen) atoms. The van der Waals surface area contributed by atoms with Gasteiger partial charge in [0.2, 0.25) is 5.88 Å². The van der Waals surface area contributed by atoms with Crippen LogP contribution in [-0.2, 0) is 0 Å². The summed E-state index contributed by atoms with van der Waals surface area (Å²) in [5.41, 5.74) is 3.44. The molecule has 0 aliphatic heterocycles. The lowest BCUT2D eigenvalue weighted by Crippen LogP contribution is -2.22. The van der Waals surface area contributed by atoms with Crippen LogP contribution in [0.4, 0.5) is 0 Å². The van der Waals surface area contributed by atoms with Crippen molar-refractivity contribution in [3.05, 3.63) is 84.6 Å². The number of likely N-dealkylation sites (N-methyl/N-ethyl adjacent to an activating group) is 1. The molecule has 1 atom stereocenters. The number of ether oxygens (including phenoxy) is 1. The molecule has 144 valence electrons. The molecule has 3 aromatic heterocycles. The second kappa shape index (κ2) is 7.41. The minimum Gasteiger partial charge on any atom is -0.467 e. The van der Waals surface area contributed by atoms with Gasteiger partial charge in [0, 0.05) is 18.0 Å². The summed E-state index contributed by atoms with van der Waals surface area (Å²) in [7, 11) is 1.91. The van der Waals surface area contributed by atoms with Gasteiger partial charge in [-0.2, -0.15) is 0 Å². The van der Waals surface area contributed by atoms with E-state index in [9.17, 15) is 0 Å². The molecule has 0 spiro atoms. The summed E-state index contributed by atoms with van der Waals surface area (Å²) in [5.74, 6) is 1.25. The molecular weight excluding hydrogens is 364 g/mol. The molecule has 6 nitrogen and oxygen atoms in total. The normalized spacial score (nSPS) is 12.4.